The zero-order chi connectivity index (χ0) is 17.2. The molecule has 2 rings (SSSR count). The molecule has 0 spiro atoms. The van der Waals surface area contributed by atoms with Crippen molar-refractivity contribution >= 4 is 0 Å². The van der Waals surface area contributed by atoms with E-state index >= 15 is 0 Å². The SMILES string of the molecule is C#CCN(CCCc1ccc(C)cc1)CCCc1ccc(C)cc1. The highest BCUT2D eigenvalue weighted by atomic mass is 15.1. The van der Waals surface area contributed by atoms with Crippen LogP contribution >= 0.6 is 0 Å². The highest BCUT2D eigenvalue weighted by Gasteiger charge is 2.04. The van der Waals surface area contributed by atoms with Crippen LogP contribution in [-0.4, -0.2) is 24.5 Å². The number of terminal acetylenes is 1. The molecule has 0 amide bonds. The standard InChI is InChI=1S/C23H29N/c1-4-17-24(18-5-7-22-13-9-20(2)10-14-22)19-6-8-23-15-11-21(3)12-16-23/h1,9-16H,5-8,17-19H2,2-3H3. The second-order valence-electron chi connectivity index (χ2n) is 6.66. The molecule has 0 unspecified atom stereocenters. The highest BCUT2D eigenvalue weighted by Crippen LogP contribution is 2.09. The normalized spacial score (nSPS) is 10.8. The molecule has 0 aromatic heterocycles. The molecule has 0 aliphatic heterocycles. The van der Waals surface area contributed by atoms with Crippen LogP contribution in [0.1, 0.15) is 35.1 Å². The smallest absolute Gasteiger partial charge is 0.0598 e. The van der Waals surface area contributed by atoms with Gasteiger partial charge in [0, 0.05) is 0 Å². The second kappa shape index (κ2) is 9.96. The lowest BCUT2D eigenvalue weighted by Crippen LogP contribution is -2.27. The average Bonchev–Trinajstić information content (AvgIpc) is 2.58. The van der Waals surface area contributed by atoms with E-state index in [1.807, 2.05) is 0 Å². The molecule has 0 aliphatic rings. The van der Waals surface area contributed by atoms with Crippen LogP contribution in [0.25, 0.3) is 0 Å². The van der Waals surface area contributed by atoms with E-state index in [2.05, 4.69) is 73.2 Å². The topological polar surface area (TPSA) is 3.24 Å². The summed E-state index contributed by atoms with van der Waals surface area (Å²) in [6, 6.07) is 17.7. The molecule has 0 saturated carbocycles. The van der Waals surface area contributed by atoms with Crippen molar-refractivity contribution in [1.29, 1.82) is 0 Å². The molecule has 2 aromatic rings. The molecule has 0 heterocycles. The van der Waals surface area contributed by atoms with Gasteiger partial charge in [-0.15, -0.1) is 6.42 Å². The number of hydrogen-bond acceptors (Lipinski definition) is 1. The van der Waals surface area contributed by atoms with Gasteiger partial charge in [0.2, 0.25) is 0 Å². The quantitative estimate of drug-likeness (QED) is 0.600. The summed E-state index contributed by atoms with van der Waals surface area (Å²) in [6.07, 6.45) is 10.1. The molecule has 0 radical (unpaired) electrons. The van der Waals surface area contributed by atoms with Crippen molar-refractivity contribution in [3.05, 3.63) is 70.8 Å². The van der Waals surface area contributed by atoms with E-state index in [9.17, 15) is 0 Å². The maximum atomic E-state index is 5.54. The fourth-order valence-electron chi connectivity index (χ4n) is 2.92. The van der Waals surface area contributed by atoms with Crippen LogP contribution in [0.5, 0.6) is 0 Å². The van der Waals surface area contributed by atoms with Gasteiger partial charge in [-0.25, -0.2) is 0 Å². The molecule has 0 saturated heterocycles. The Morgan fingerprint density at radius 1 is 0.750 bits per heavy atom. The summed E-state index contributed by atoms with van der Waals surface area (Å²) >= 11 is 0. The lowest BCUT2D eigenvalue weighted by atomic mass is 10.1. The van der Waals surface area contributed by atoms with Crippen LogP contribution in [0.15, 0.2) is 48.5 Å². The third-order valence-corrected chi connectivity index (χ3v) is 4.44. The predicted octanol–water partition coefficient (Wildman–Crippen LogP) is 4.80. The van der Waals surface area contributed by atoms with Gasteiger partial charge in [-0.05, 0) is 63.7 Å². The van der Waals surface area contributed by atoms with Gasteiger partial charge in [0.25, 0.3) is 0 Å². The molecule has 0 atom stereocenters. The van der Waals surface area contributed by atoms with E-state index in [-0.39, 0.29) is 0 Å². The van der Waals surface area contributed by atoms with E-state index in [4.69, 9.17) is 6.42 Å². The maximum absolute atomic E-state index is 5.54. The Kier molecular flexibility index (Phi) is 7.59. The molecular weight excluding hydrogens is 290 g/mol. The van der Waals surface area contributed by atoms with Gasteiger partial charge in [-0.1, -0.05) is 65.6 Å². The zero-order valence-electron chi connectivity index (χ0n) is 15.1. The van der Waals surface area contributed by atoms with Crippen LogP contribution in [0.2, 0.25) is 0 Å². The number of hydrogen-bond donors (Lipinski definition) is 0. The van der Waals surface area contributed by atoms with Gasteiger partial charge in [0.05, 0.1) is 6.54 Å². The van der Waals surface area contributed by atoms with Crippen molar-refractivity contribution < 1.29 is 0 Å². The Morgan fingerprint density at radius 3 is 1.54 bits per heavy atom. The highest BCUT2D eigenvalue weighted by molar-refractivity contribution is 5.22. The van der Waals surface area contributed by atoms with Crippen molar-refractivity contribution in [2.75, 3.05) is 19.6 Å². The zero-order valence-corrected chi connectivity index (χ0v) is 15.1. The van der Waals surface area contributed by atoms with Gasteiger partial charge in [-0.2, -0.15) is 0 Å². The van der Waals surface area contributed by atoms with Crippen molar-refractivity contribution in [2.24, 2.45) is 0 Å². The predicted molar refractivity (Wildman–Crippen MR) is 104 cm³/mol. The van der Waals surface area contributed by atoms with Crippen molar-refractivity contribution in [1.82, 2.24) is 4.90 Å². The lowest BCUT2D eigenvalue weighted by Gasteiger charge is -2.19. The average molecular weight is 319 g/mol. The Labute approximate surface area is 147 Å². The van der Waals surface area contributed by atoms with Crippen molar-refractivity contribution in [3.8, 4) is 12.3 Å². The molecule has 0 N–H and O–H groups in total. The van der Waals surface area contributed by atoms with Crippen molar-refractivity contribution in [3.63, 3.8) is 0 Å². The minimum Gasteiger partial charge on any atom is -0.292 e. The first-order chi connectivity index (χ1) is 11.7. The van der Waals surface area contributed by atoms with E-state index in [0.717, 1.165) is 45.3 Å². The number of aryl methyl sites for hydroxylation is 4. The van der Waals surface area contributed by atoms with Crippen LogP contribution in [0, 0.1) is 26.2 Å². The fraction of sp³-hybridized carbons (Fsp3) is 0.391. The summed E-state index contributed by atoms with van der Waals surface area (Å²) in [5.41, 5.74) is 5.48. The monoisotopic (exact) mass is 319 g/mol. The summed E-state index contributed by atoms with van der Waals surface area (Å²) in [5, 5.41) is 0. The number of benzene rings is 2. The summed E-state index contributed by atoms with van der Waals surface area (Å²) in [7, 11) is 0. The van der Waals surface area contributed by atoms with E-state index in [0.29, 0.717) is 0 Å². The van der Waals surface area contributed by atoms with E-state index in [1.54, 1.807) is 0 Å². The number of rotatable bonds is 9. The summed E-state index contributed by atoms with van der Waals surface area (Å²) in [5.74, 6) is 2.81. The molecule has 0 aliphatic carbocycles. The Morgan fingerprint density at radius 2 is 1.17 bits per heavy atom. The van der Waals surface area contributed by atoms with Crippen LogP contribution in [0.3, 0.4) is 0 Å². The minimum atomic E-state index is 0.752. The fourth-order valence-corrected chi connectivity index (χ4v) is 2.92. The van der Waals surface area contributed by atoms with Crippen LogP contribution < -0.4 is 0 Å². The summed E-state index contributed by atoms with van der Waals surface area (Å²) in [4.78, 5) is 2.41. The minimum absolute atomic E-state index is 0.752. The van der Waals surface area contributed by atoms with Crippen LogP contribution in [-0.2, 0) is 12.8 Å². The molecule has 0 bridgehead atoms. The molecule has 1 heteroatoms. The van der Waals surface area contributed by atoms with E-state index in [1.165, 1.54) is 22.3 Å². The molecule has 1 nitrogen and oxygen atoms in total. The Balaban J connectivity index is 1.71. The molecule has 24 heavy (non-hydrogen) atoms. The number of nitrogens with zero attached hydrogens (tertiary/aromatic N) is 1. The Bertz CT molecular complexity index is 580. The first-order valence-corrected chi connectivity index (χ1v) is 8.94. The van der Waals surface area contributed by atoms with Gasteiger partial charge < -0.3 is 0 Å². The lowest BCUT2D eigenvalue weighted by molar-refractivity contribution is 0.299. The van der Waals surface area contributed by atoms with Gasteiger partial charge >= 0.3 is 0 Å². The molecule has 0 fully saturated rings. The Hall–Kier alpha value is -2.04. The maximum Gasteiger partial charge on any atom is 0.0598 e. The first kappa shape index (κ1) is 18.3. The van der Waals surface area contributed by atoms with Crippen molar-refractivity contribution in [2.45, 2.75) is 39.5 Å². The molecular formula is C23H29N. The second-order valence-corrected chi connectivity index (χ2v) is 6.66. The van der Waals surface area contributed by atoms with Gasteiger partial charge in [-0.3, -0.25) is 4.90 Å². The van der Waals surface area contributed by atoms with E-state index < -0.39 is 0 Å². The van der Waals surface area contributed by atoms with Crippen LogP contribution in [0.4, 0.5) is 0 Å². The third-order valence-electron chi connectivity index (χ3n) is 4.44. The largest absolute Gasteiger partial charge is 0.292 e. The van der Waals surface area contributed by atoms with Gasteiger partial charge in [0.15, 0.2) is 0 Å². The summed E-state index contributed by atoms with van der Waals surface area (Å²) < 4.78 is 0. The first-order valence-electron chi connectivity index (χ1n) is 8.94. The summed E-state index contributed by atoms with van der Waals surface area (Å²) in [6.45, 7) is 7.17. The van der Waals surface area contributed by atoms with Gasteiger partial charge in [0.1, 0.15) is 0 Å². The molecule has 2 aromatic carbocycles. The third kappa shape index (κ3) is 6.60. The molecule has 126 valence electrons.